The minimum atomic E-state index is -3.51. The minimum absolute atomic E-state index is 0.239. The van der Waals surface area contributed by atoms with Crippen molar-refractivity contribution in [1.29, 1.82) is 0 Å². The summed E-state index contributed by atoms with van der Waals surface area (Å²) in [5.41, 5.74) is 0.703. The average molecular weight is 291 g/mol. The summed E-state index contributed by atoms with van der Waals surface area (Å²) in [6, 6.07) is 0. The van der Waals surface area contributed by atoms with Gasteiger partial charge in [-0.3, -0.25) is 0 Å². The summed E-state index contributed by atoms with van der Waals surface area (Å²) in [4.78, 5) is 0.787. The van der Waals surface area contributed by atoms with Crippen molar-refractivity contribution in [1.82, 2.24) is 4.31 Å². The van der Waals surface area contributed by atoms with Crippen LogP contribution in [0.3, 0.4) is 0 Å². The molecule has 0 aliphatic carbocycles. The van der Waals surface area contributed by atoms with Crippen LogP contribution in [-0.4, -0.2) is 44.1 Å². The van der Waals surface area contributed by atoms with Crippen molar-refractivity contribution in [3.63, 3.8) is 0 Å². The first kappa shape index (κ1) is 14.0. The SMILES string of the molecule is Cc1csc(CO)c1S(=O)(=O)N1CCCOCC1. The highest BCUT2D eigenvalue weighted by Crippen LogP contribution is 2.29. The molecule has 2 rings (SSSR count). The number of thiophene rings is 1. The zero-order valence-corrected chi connectivity index (χ0v) is 11.9. The van der Waals surface area contributed by atoms with Crippen LogP contribution in [0.4, 0.5) is 0 Å². The maximum atomic E-state index is 12.6. The van der Waals surface area contributed by atoms with Gasteiger partial charge in [0.25, 0.3) is 0 Å². The van der Waals surface area contributed by atoms with Crippen molar-refractivity contribution in [2.75, 3.05) is 26.3 Å². The Labute approximate surface area is 111 Å². The molecule has 0 spiro atoms. The number of aryl methyl sites for hydroxylation is 1. The van der Waals surface area contributed by atoms with Gasteiger partial charge in [-0.15, -0.1) is 11.3 Å². The number of hydrogen-bond acceptors (Lipinski definition) is 5. The third-order valence-electron chi connectivity index (χ3n) is 2.91. The summed E-state index contributed by atoms with van der Waals surface area (Å²) in [7, 11) is -3.51. The summed E-state index contributed by atoms with van der Waals surface area (Å²) < 4.78 is 31.9. The van der Waals surface area contributed by atoms with Crippen LogP contribution in [0.25, 0.3) is 0 Å². The molecule has 0 unspecified atom stereocenters. The maximum absolute atomic E-state index is 12.6. The number of aliphatic hydroxyl groups excluding tert-OH is 1. The molecule has 1 aliphatic rings. The first-order valence-corrected chi connectivity index (χ1v) is 8.15. The molecule has 0 amide bonds. The van der Waals surface area contributed by atoms with Crippen molar-refractivity contribution in [2.45, 2.75) is 24.8 Å². The first-order chi connectivity index (χ1) is 8.57. The summed E-state index contributed by atoms with van der Waals surface area (Å²) >= 11 is 1.29. The van der Waals surface area contributed by atoms with E-state index in [4.69, 9.17) is 4.74 Å². The number of aliphatic hydroxyl groups is 1. The Balaban J connectivity index is 2.37. The highest BCUT2D eigenvalue weighted by atomic mass is 32.2. The lowest BCUT2D eigenvalue weighted by Crippen LogP contribution is -2.33. The van der Waals surface area contributed by atoms with E-state index in [1.54, 1.807) is 12.3 Å². The summed E-state index contributed by atoms with van der Waals surface area (Å²) in [5.74, 6) is 0. The number of nitrogens with zero attached hydrogens (tertiary/aromatic N) is 1. The van der Waals surface area contributed by atoms with Gasteiger partial charge in [-0.05, 0) is 24.3 Å². The fourth-order valence-electron chi connectivity index (χ4n) is 2.04. The number of hydrogen-bond donors (Lipinski definition) is 1. The van der Waals surface area contributed by atoms with Gasteiger partial charge in [-0.1, -0.05) is 0 Å². The van der Waals surface area contributed by atoms with E-state index in [2.05, 4.69) is 0 Å². The highest BCUT2D eigenvalue weighted by molar-refractivity contribution is 7.89. The van der Waals surface area contributed by atoms with Gasteiger partial charge < -0.3 is 9.84 Å². The predicted molar refractivity (Wildman–Crippen MR) is 69.2 cm³/mol. The topological polar surface area (TPSA) is 66.8 Å². The summed E-state index contributed by atoms with van der Waals surface area (Å²) in [6.07, 6.45) is 0.705. The molecule has 1 fully saturated rings. The van der Waals surface area contributed by atoms with Crippen molar-refractivity contribution in [3.8, 4) is 0 Å². The molecule has 0 atom stereocenters. The van der Waals surface area contributed by atoms with Gasteiger partial charge in [0.2, 0.25) is 10.0 Å². The lowest BCUT2D eigenvalue weighted by Gasteiger charge is -2.20. The Kier molecular flexibility index (Phi) is 4.39. The quantitative estimate of drug-likeness (QED) is 0.901. The highest BCUT2D eigenvalue weighted by Gasteiger charge is 2.30. The van der Waals surface area contributed by atoms with Gasteiger partial charge in [0.15, 0.2) is 0 Å². The zero-order valence-electron chi connectivity index (χ0n) is 10.3. The minimum Gasteiger partial charge on any atom is -0.391 e. The molecule has 5 nitrogen and oxygen atoms in total. The molecule has 2 heterocycles. The Bertz CT molecular complexity index is 501. The van der Waals surface area contributed by atoms with Gasteiger partial charge in [0.05, 0.1) is 18.1 Å². The van der Waals surface area contributed by atoms with Crippen molar-refractivity contribution >= 4 is 21.4 Å². The third kappa shape index (κ3) is 2.60. The summed E-state index contributed by atoms with van der Waals surface area (Å²) in [5, 5.41) is 11.0. The van der Waals surface area contributed by atoms with Crippen molar-refractivity contribution in [3.05, 3.63) is 15.8 Å². The monoisotopic (exact) mass is 291 g/mol. The molecule has 0 radical (unpaired) electrons. The van der Waals surface area contributed by atoms with Crippen LogP contribution in [0, 0.1) is 6.92 Å². The molecule has 1 aromatic heterocycles. The Morgan fingerprint density at radius 3 is 2.94 bits per heavy atom. The maximum Gasteiger partial charge on any atom is 0.244 e. The van der Waals surface area contributed by atoms with E-state index in [0.717, 1.165) is 0 Å². The van der Waals surface area contributed by atoms with Crippen LogP contribution >= 0.6 is 11.3 Å². The van der Waals surface area contributed by atoms with E-state index in [1.807, 2.05) is 0 Å². The molecule has 1 saturated heterocycles. The van der Waals surface area contributed by atoms with E-state index in [-0.39, 0.29) is 11.5 Å². The molecule has 102 valence electrons. The van der Waals surface area contributed by atoms with E-state index < -0.39 is 10.0 Å². The molecule has 0 aromatic carbocycles. The van der Waals surface area contributed by atoms with Crippen LogP contribution < -0.4 is 0 Å². The normalized spacial score (nSPS) is 18.8. The molecule has 1 N–H and O–H groups in total. The second-order valence-electron chi connectivity index (χ2n) is 4.20. The smallest absolute Gasteiger partial charge is 0.244 e. The van der Waals surface area contributed by atoms with Gasteiger partial charge >= 0.3 is 0 Å². The molecular weight excluding hydrogens is 274 g/mol. The zero-order chi connectivity index (χ0) is 13.2. The summed E-state index contributed by atoms with van der Waals surface area (Å²) in [6.45, 7) is 3.40. The van der Waals surface area contributed by atoms with Crippen molar-refractivity contribution in [2.24, 2.45) is 0 Å². The van der Waals surface area contributed by atoms with Gasteiger partial charge in [0.1, 0.15) is 4.90 Å². The molecule has 0 saturated carbocycles. The molecule has 7 heteroatoms. The lowest BCUT2D eigenvalue weighted by molar-refractivity contribution is 0.148. The fraction of sp³-hybridized carbons (Fsp3) is 0.636. The molecule has 1 aromatic rings. The van der Waals surface area contributed by atoms with Crippen LogP contribution in [-0.2, 0) is 21.4 Å². The largest absolute Gasteiger partial charge is 0.391 e. The number of rotatable bonds is 3. The standard InChI is InChI=1S/C11H17NO4S2/c1-9-8-17-10(7-13)11(9)18(14,15)12-3-2-5-16-6-4-12/h8,13H,2-7H2,1H3. The third-order valence-corrected chi connectivity index (χ3v) is 6.26. The molecule has 18 heavy (non-hydrogen) atoms. The van der Waals surface area contributed by atoms with Crippen LogP contribution in [0.5, 0.6) is 0 Å². The van der Waals surface area contributed by atoms with Crippen LogP contribution in [0.1, 0.15) is 16.9 Å². The Hall–Kier alpha value is -0.470. The van der Waals surface area contributed by atoms with E-state index in [0.29, 0.717) is 43.2 Å². The second kappa shape index (κ2) is 5.66. The van der Waals surface area contributed by atoms with Crippen molar-refractivity contribution < 1.29 is 18.3 Å². The van der Waals surface area contributed by atoms with Gasteiger partial charge in [-0.2, -0.15) is 4.31 Å². The second-order valence-corrected chi connectivity index (χ2v) is 7.04. The lowest BCUT2D eigenvalue weighted by atomic mass is 10.3. The molecular formula is C11H17NO4S2. The van der Waals surface area contributed by atoms with Gasteiger partial charge in [-0.25, -0.2) is 8.42 Å². The van der Waals surface area contributed by atoms with E-state index in [1.165, 1.54) is 15.6 Å². The Morgan fingerprint density at radius 1 is 1.44 bits per heavy atom. The molecule has 0 bridgehead atoms. The Morgan fingerprint density at radius 2 is 2.22 bits per heavy atom. The first-order valence-electron chi connectivity index (χ1n) is 5.83. The predicted octanol–water partition coefficient (Wildman–Crippen LogP) is 0.960. The number of ether oxygens (including phenoxy) is 1. The van der Waals surface area contributed by atoms with Crippen LogP contribution in [0.15, 0.2) is 10.3 Å². The fourth-order valence-corrected chi connectivity index (χ4v) is 5.11. The average Bonchev–Trinajstić information content (AvgIpc) is 2.56. The van der Waals surface area contributed by atoms with E-state index >= 15 is 0 Å². The van der Waals surface area contributed by atoms with Crippen LogP contribution in [0.2, 0.25) is 0 Å². The van der Waals surface area contributed by atoms with Gasteiger partial charge in [0, 0.05) is 19.7 Å². The number of sulfonamides is 1. The van der Waals surface area contributed by atoms with E-state index in [9.17, 15) is 13.5 Å². The molecule has 1 aliphatic heterocycles.